The molecule has 2 aliphatic carbocycles. The van der Waals surface area contributed by atoms with Gasteiger partial charge in [0, 0.05) is 0 Å². The van der Waals surface area contributed by atoms with Crippen molar-refractivity contribution in [3.63, 3.8) is 0 Å². The van der Waals surface area contributed by atoms with Crippen LogP contribution in [0.5, 0.6) is 0 Å². The van der Waals surface area contributed by atoms with E-state index < -0.39 is 0 Å². The SMILES string of the molecule is CC(C)(COC1CC1)OC1CC1. The van der Waals surface area contributed by atoms with Gasteiger partial charge in [0.25, 0.3) is 0 Å². The molecule has 0 heterocycles. The minimum Gasteiger partial charge on any atom is -0.375 e. The summed E-state index contributed by atoms with van der Waals surface area (Å²) in [6, 6.07) is 0. The third kappa shape index (κ3) is 2.76. The molecule has 0 radical (unpaired) electrons. The summed E-state index contributed by atoms with van der Waals surface area (Å²) < 4.78 is 11.4. The molecule has 0 saturated heterocycles. The van der Waals surface area contributed by atoms with Gasteiger partial charge < -0.3 is 9.47 Å². The van der Waals surface area contributed by atoms with Gasteiger partial charge in [-0.1, -0.05) is 0 Å². The highest BCUT2D eigenvalue weighted by Crippen LogP contribution is 2.31. The average molecular weight is 170 g/mol. The third-order valence-corrected chi connectivity index (χ3v) is 2.20. The number of hydrogen-bond donors (Lipinski definition) is 0. The van der Waals surface area contributed by atoms with Gasteiger partial charge in [0.1, 0.15) is 0 Å². The van der Waals surface area contributed by atoms with Gasteiger partial charge in [0.2, 0.25) is 0 Å². The molecule has 0 aliphatic heterocycles. The Hall–Kier alpha value is -0.0800. The van der Waals surface area contributed by atoms with Crippen molar-refractivity contribution < 1.29 is 9.47 Å². The van der Waals surface area contributed by atoms with Crippen molar-refractivity contribution in [1.29, 1.82) is 0 Å². The summed E-state index contributed by atoms with van der Waals surface area (Å²) in [4.78, 5) is 0. The lowest BCUT2D eigenvalue weighted by molar-refractivity contribution is -0.0869. The lowest BCUT2D eigenvalue weighted by atomic mass is 10.1. The second-order valence-corrected chi connectivity index (χ2v) is 4.59. The molecule has 0 aromatic carbocycles. The molecule has 0 spiro atoms. The molecular formula is C10H18O2. The molecule has 2 nitrogen and oxygen atoms in total. The molecule has 2 fully saturated rings. The first-order chi connectivity index (χ1) is 5.66. The van der Waals surface area contributed by atoms with Gasteiger partial charge in [0.15, 0.2) is 0 Å². The summed E-state index contributed by atoms with van der Waals surface area (Å²) in [6.07, 6.45) is 6.06. The van der Waals surface area contributed by atoms with Gasteiger partial charge in [-0.25, -0.2) is 0 Å². The Kier molecular flexibility index (Phi) is 2.13. The number of hydrogen-bond acceptors (Lipinski definition) is 2. The molecule has 0 N–H and O–H groups in total. The second kappa shape index (κ2) is 3.00. The van der Waals surface area contributed by atoms with Gasteiger partial charge in [0.05, 0.1) is 24.4 Å². The Labute approximate surface area is 74.2 Å². The minimum absolute atomic E-state index is 0.0657. The maximum atomic E-state index is 5.80. The molecule has 0 aromatic heterocycles. The summed E-state index contributed by atoms with van der Waals surface area (Å²) in [6.45, 7) is 5.00. The quantitative estimate of drug-likeness (QED) is 0.629. The van der Waals surface area contributed by atoms with Crippen LogP contribution in [-0.2, 0) is 9.47 Å². The van der Waals surface area contributed by atoms with Crippen molar-refractivity contribution in [2.75, 3.05) is 6.61 Å². The van der Waals surface area contributed by atoms with E-state index in [-0.39, 0.29) is 5.60 Å². The molecule has 12 heavy (non-hydrogen) atoms. The summed E-state index contributed by atoms with van der Waals surface area (Å²) in [7, 11) is 0. The Morgan fingerprint density at radius 1 is 1.08 bits per heavy atom. The topological polar surface area (TPSA) is 18.5 Å². The predicted octanol–water partition coefficient (Wildman–Crippen LogP) is 2.12. The molecular weight excluding hydrogens is 152 g/mol. The molecule has 0 unspecified atom stereocenters. The summed E-state index contributed by atoms with van der Waals surface area (Å²) in [5, 5.41) is 0. The fraction of sp³-hybridized carbons (Fsp3) is 1.00. The number of rotatable bonds is 5. The van der Waals surface area contributed by atoms with Gasteiger partial charge in [-0.15, -0.1) is 0 Å². The van der Waals surface area contributed by atoms with Gasteiger partial charge in [-0.3, -0.25) is 0 Å². The Bertz CT molecular complexity index is 157. The van der Waals surface area contributed by atoms with Crippen LogP contribution in [0.25, 0.3) is 0 Å². The zero-order chi connectivity index (χ0) is 8.60. The van der Waals surface area contributed by atoms with E-state index in [0.717, 1.165) is 6.61 Å². The summed E-state index contributed by atoms with van der Waals surface area (Å²) in [5.74, 6) is 0. The highest BCUT2D eigenvalue weighted by molar-refractivity contribution is 4.81. The summed E-state index contributed by atoms with van der Waals surface area (Å²) >= 11 is 0. The lowest BCUT2D eigenvalue weighted by Gasteiger charge is -2.25. The molecule has 2 saturated carbocycles. The van der Waals surface area contributed by atoms with E-state index in [4.69, 9.17) is 9.47 Å². The third-order valence-electron chi connectivity index (χ3n) is 2.20. The van der Waals surface area contributed by atoms with Crippen LogP contribution in [-0.4, -0.2) is 24.4 Å². The largest absolute Gasteiger partial charge is 0.375 e. The summed E-state index contributed by atoms with van der Waals surface area (Å²) in [5.41, 5.74) is -0.0657. The normalized spacial score (nSPS) is 24.5. The van der Waals surface area contributed by atoms with Crippen LogP contribution < -0.4 is 0 Å². The van der Waals surface area contributed by atoms with Crippen molar-refractivity contribution in [3.8, 4) is 0 Å². The molecule has 0 atom stereocenters. The second-order valence-electron chi connectivity index (χ2n) is 4.59. The molecule has 2 aliphatic rings. The van der Waals surface area contributed by atoms with Gasteiger partial charge >= 0.3 is 0 Å². The first-order valence-corrected chi connectivity index (χ1v) is 4.95. The first kappa shape index (κ1) is 8.52. The lowest BCUT2D eigenvalue weighted by Crippen LogP contribution is -2.32. The van der Waals surface area contributed by atoms with Crippen LogP contribution in [0.2, 0.25) is 0 Å². The average Bonchev–Trinajstić information content (AvgIpc) is 2.78. The zero-order valence-electron chi connectivity index (χ0n) is 8.01. The maximum Gasteiger partial charge on any atom is 0.0862 e. The fourth-order valence-electron chi connectivity index (χ4n) is 1.22. The predicted molar refractivity (Wildman–Crippen MR) is 47.2 cm³/mol. The molecule has 2 heteroatoms. The highest BCUT2D eigenvalue weighted by Gasteiger charge is 2.32. The van der Waals surface area contributed by atoms with E-state index in [1.165, 1.54) is 25.7 Å². The van der Waals surface area contributed by atoms with E-state index in [0.29, 0.717) is 12.2 Å². The smallest absolute Gasteiger partial charge is 0.0862 e. The van der Waals surface area contributed by atoms with Crippen LogP contribution in [0, 0.1) is 0 Å². The van der Waals surface area contributed by atoms with Gasteiger partial charge in [-0.2, -0.15) is 0 Å². The van der Waals surface area contributed by atoms with Crippen molar-refractivity contribution in [3.05, 3.63) is 0 Å². The monoisotopic (exact) mass is 170 g/mol. The highest BCUT2D eigenvalue weighted by atomic mass is 16.6. The van der Waals surface area contributed by atoms with E-state index >= 15 is 0 Å². The molecule has 0 amide bonds. The van der Waals surface area contributed by atoms with Gasteiger partial charge in [-0.05, 0) is 39.5 Å². The minimum atomic E-state index is -0.0657. The van der Waals surface area contributed by atoms with E-state index in [2.05, 4.69) is 13.8 Å². The molecule has 2 rings (SSSR count). The zero-order valence-corrected chi connectivity index (χ0v) is 8.01. The van der Waals surface area contributed by atoms with Crippen LogP contribution in [0.3, 0.4) is 0 Å². The molecule has 70 valence electrons. The Morgan fingerprint density at radius 2 is 1.67 bits per heavy atom. The number of ether oxygens (including phenoxy) is 2. The van der Waals surface area contributed by atoms with Crippen molar-refractivity contribution in [2.24, 2.45) is 0 Å². The maximum absolute atomic E-state index is 5.80. The Balaban J connectivity index is 1.66. The van der Waals surface area contributed by atoms with Crippen LogP contribution in [0.15, 0.2) is 0 Å². The van der Waals surface area contributed by atoms with E-state index in [9.17, 15) is 0 Å². The van der Waals surface area contributed by atoms with E-state index in [1.54, 1.807) is 0 Å². The Morgan fingerprint density at radius 3 is 2.17 bits per heavy atom. The fourth-order valence-corrected chi connectivity index (χ4v) is 1.22. The van der Waals surface area contributed by atoms with Crippen molar-refractivity contribution in [2.45, 2.75) is 57.3 Å². The van der Waals surface area contributed by atoms with Crippen LogP contribution >= 0.6 is 0 Å². The van der Waals surface area contributed by atoms with Crippen molar-refractivity contribution in [1.82, 2.24) is 0 Å². The molecule has 0 bridgehead atoms. The van der Waals surface area contributed by atoms with Crippen LogP contribution in [0.4, 0.5) is 0 Å². The molecule has 0 aromatic rings. The standard InChI is InChI=1S/C10H18O2/c1-10(2,12-9-5-6-9)7-11-8-3-4-8/h8-9H,3-7H2,1-2H3. The first-order valence-electron chi connectivity index (χ1n) is 4.95. The van der Waals surface area contributed by atoms with Crippen LogP contribution in [0.1, 0.15) is 39.5 Å². The van der Waals surface area contributed by atoms with Crippen molar-refractivity contribution >= 4 is 0 Å². The van der Waals surface area contributed by atoms with E-state index in [1.807, 2.05) is 0 Å².